The molecular weight excluding hydrogens is 1020 g/mol. The quantitative estimate of drug-likeness (QED) is 0.0261. The molecule has 0 N–H and O–H groups in total. The molecule has 0 aromatic rings. The zero-order chi connectivity index (χ0) is 59.9. The third kappa shape index (κ3) is 69.5. The fourth-order valence-corrected chi connectivity index (χ4v) is 10.8. The minimum absolute atomic E-state index is 0.101. The molecule has 1 unspecified atom stereocenters. The second-order valence-electron chi connectivity index (χ2n) is 24.5. The first-order valence-corrected chi connectivity index (χ1v) is 36.4. The fraction of sp³-hybridized carbons (Fsp3) is 0.805. The number of allylic oxidation sites excluding steroid dienone is 12. The molecule has 0 aliphatic rings. The van der Waals surface area contributed by atoms with E-state index in [-0.39, 0.29) is 37.5 Å². The topological polar surface area (TPSA) is 78.9 Å². The molecule has 0 saturated carbocycles. The second-order valence-corrected chi connectivity index (χ2v) is 24.5. The van der Waals surface area contributed by atoms with E-state index in [1.54, 1.807) is 0 Å². The van der Waals surface area contributed by atoms with Gasteiger partial charge in [-0.25, -0.2) is 0 Å². The Hall–Kier alpha value is -3.15. The zero-order valence-corrected chi connectivity index (χ0v) is 55.5. The Bertz CT molecular complexity index is 1520. The fourth-order valence-electron chi connectivity index (χ4n) is 10.8. The summed E-state index contributed by atoms with van der Waals surface area (Å²) in [6.45, 7) is 6.53. The van der Waals surface area contributed by atoms with Gasteiger partial charge in [0.05, 0.1) is 0 Å². The van der Waals surface area contributed by atoms with Crippen molar-refractivity contribution in [2.45, 2.75) is 386 Å². The molecule has 1 atom stereocenters. The monoisotopic (exact) mass is 1160 g/mol. The van der Waals surface area contributed by atoms with Crippen molar-refractivity contribution in [1.29, 1.82) is 0 Å². The molecule has 0 aromatic carbocycles. The number of hydrogen-bond donors (Lipinski definition) is 0. The predicted molar refractivity (Wildman–Crippen MR) is 362 cm³/mol. The van der Waals surface area contributed by atoms with Gasteiger partial charge in [-0.3, -0.25) is 14.4 Å². The van der Waals surface area contributed by atoms with Crippen molar-refractivity contribution in [2.75, 3.05) is 13.2 Å². The lowest BCUT2D eigenvalue weighted by Crippen LogP contribution is -2.30. The molecule has 0 aliphatic carbocycles. The van der Waals surface area contributed by atoms with E-state index in [0.717, 1.165) is 77.0 Å². The summed E-state index contributed by atoms with van der Waals surface area (Å²) < 4.78 is 16.9. The molecule has 0 spiro atoms. The van der Waals surface area contributed by atoms with Crippen LogP contribution in [0.15, 0.2) is 72.9 Å². The molecule has 0 rings (SSSR count). The van der Waals surface area contributed by atoms with E-state index in [9.17, 15) is 14.4 Å². The van der Waals surface area contributed by atoms with Crippen LogP contribution in [0.4, 0.5) is 0 Å². The molecule has 6 heteroatoms. The van der Waals surface area contributed by atoms with Crippen LogP contribution in [-0.2, 0) is 28.6 Å². The van der Waals surface area contributed by atoms with Crippen LogP contribution < -0.4 is 0 Å². The highest BCUT2D eigenvalue weighted by Crippen LogP contribution is 2.19. The molecule has 6 nitrogen and oxygen atoms in total. The number of hydrogen-bond acceptors (Lipinski definition) is 6. The minimum atomic E-state index is -0.815. The van der Waals surface area contributed by atoms with Gasteiger partial charge in [0.15, 0.2) is 6.10 Å². The van der Waals surface area contributed by atoms with E-state index in [1.807, 2.05) is 6.08 Å². The summed E-state index contributed by atoms with van der Waals surface area (Å²) in [7, 11) is 0. The van der Waals surface area contributed by atoms with Gasteiger partial charge >= 0.3 is 17.9 Å². The average molecular weight is 1160 g/mol. The Labute approximate surface area is 516 Å². The van der Waals surface area contributed by atoms with Crippen LogP contribution in [0, 0.1) is 0 Å². The van der Waals surface area contributed by atoms with Crippen molar-refractivity contribution >= 4 is 17.9 Å². The largest absolute Gasteiger partial charge is 0.462 e. The van der Waals surface area contributed by atoms with E-state index in [4.69, 9.17) is 14.2 Å². The number of carbonyl (C=O) groups excluding carboxylic acids is 3. The summed E-state index contributed by atoms with van der Waals surface area (Å²) in [6.07, 6.45) is 93.9. The average Bonchev–Trinajstić information content (AvgIpc) is 3.49. The molecule has 0 heterocycles. The number of unbranched alkanes of at least 4 members (excludes halogenated alkanes) is 44. The highest BCUT2D eigenvalue weighted by atomic mass is 16.6. The van der Waals surface area contributed by atoms with Crippen LogP contribution in [0.2, 0.25) is 0 Å². The van der Waals surface area contributed by atoms with Crippen molar-refractivity contribution in [2.24, 2.45) is 0 Å². The molecule has 0 fully saturated rings. The van der Waals surface area contributed by atoms with Crippen LogP contribution in [-0.4, -0.2) is 37.2 Å². The molecule has 0 amide bonds. The van der Waals surface area contributed by atoms with Gasteiger partial charge in [-0.1, -0.05) is 376 Å². The highest BCUT2D eigenvalue weighted by molar-refractivity contribution is 5.71. The van der Waals surface area contributed by atoms with Crippen LogP contribution >= 0.6 is 0 Å². The number of esters is 3. The lowest BCUT2D eigenvalue weighted by atomic mass is 10.0. The number of carbonyl (C=O) groups is 3. The van der Waals surface area contributed by atoms with Crippen molar-refractivity contribution in [3.05, 3.63) is 72.9 Å². The predicted octanol–water partition coefficient (Wildman–Crippen LogP) is 25.2. The van der Waals surface area contributed by atoms with E-state index in [1.165, 1.54) is 257 Å². The third-order valence-corrected chi connectivity index (χ3v) is 16.2. The van der Waals surface area contributed by atoms with Crippen LogP contribution in [0.25, 0.3) is 0 Å². The van der Waals surface area contributed by atoms with Crippen LogP contribution in [0.5, 0.6) is 0 Å². The summed E-state index contributed by atoms with van der Waals surface area (Å²) in [5.41, 5.74) is 0. The third-order valence-electron chi connectivity index (χ3n) is 16.2. The first-order chi connectivity index (χ1) is 41.0. The minimum Gasteiger partial charge on any atom is -0.462 e. The smallest absolute Gasteiger partial charge is 0.306 e. The van der Waals surface area contributed by atoms with Crippen LogP contribution in [0.3, 0.4) is 0 Å². The van der Waals surface area contributed by atoms with Gasteiger partial charge < -0.3 is 14.2 Å². The number of ether oxygens (including phenoxy) is 3. The normalized spacial score (nSPS) is 12.5. The molecule has 0 bridgehead atoms. The van der Waals surface area contributed by atoms with Crippen molar-refractivity contribution in [3.8, 4) is 0 Å². The van der Waals surface area contributed by atoms with Gasteiger partial charge in [0, 0.05) is 19.3 Å². The van der Waals surface area contributed by atoms with Gasteiger partial charge in [-0.2, -0.15) is 0 Å². The Kier molecular flexibility index (Phi) is 68.6. The summed E-state index contributed by atoms with van der Waals surface area (Å²) in [6, 6.07) is 0. The Morgan fingerprint density at radius 3 is 0.711 bits per heavy atom. The first kappa shape index (κ1) is 79.8. The summed E-state index contributed by atoms with van der Waals surface area (Å²) in [5, 5.41) is 0. The molecular formula is C77H138O6. The van der Waals surface area contributed by atoms with E-state index in [0.29, 0.717) is 19.3 Å². The van der Waals surface area contributed by atoms with Gasteiger partial charge in [-0.05, 0) is 57.8 Å². The maximum absolute atomic E-state index is 12.9. The van der Waals surface area contributed by atoms with Crippen molar-refractivity contribution in [3.63, 3.8) is 0 Å². The van der Waals surface area contributed by atoms with Crippen LogP contribution in [0.1, 0.15) is 380 Å². The molecule has 83 heavy (non-hydrogen) atoms. The van der Waals surface area contributed by atoms with Crippen molar-refractivity contribution in [1.82, 2.24) is 0 Å². The standard InChI is InChI=1S/C77H138O6/c1-4-7-10-13-16-19-22-25-28-31-33-34-35-36-37-38-39-40-41-42-43-45-46-49-52-55-58-61-64-67-70-76(79)82-73-74(72-81-75(78)69-66-63-60-57-54-51-48-30-27-24-21-18-15-12-9-6-3)83-77(80)71-68-65-62-59-56-53-50-47-44-32-29-26-23-20-17-14-11-8-5-2/h8,11,17,20,26,29,44,47,53,56,62,65,74H,4-7,9-10,12-16,18-19,21-25,27-28,30-43,45-46,48-52,54-55,57-61,63-64,66-73H2,1-3H3/b11-8-,20-17-,29-26-,47-44-,56-53-,65-62-. The van der Waals surface area contributed by atoms with Gasteiger partial charge in [-0.15, -0.1) is 0 Å². The summed E-state index contributed by atoms with van der Waals surface area (Å²) >= 11 is 0. The number of rotatable bonds is 67. The molecule has 482 valence electrons. The first-order valence-electron chi connectivity index (χ1n) is 36.4. The van der Waals surface area contributed by atoms with Gasteiger partial charge in [0.2, 0.25) is 0 Å². The Balaban J connectivity index is 4.28. The Morgan fingerprint density at radius 1 is 0.253 bits per heavy atom. The van der Waals surface area contributed by atoms with Crippen molar-refractivity contribution < 1.29 is 28.6 Å². The lowest BCUT2D eigenvalue weighted by molar-refractivity contribution is -0.166. The van der Waals surface area contributed by atoms with Gasteiger partial charge in [0.25, 0.3) is 0 Å². The second kappa shape index (κ2) is 71.3. The summed E-state index contributed by atoms with van der Waals surface area (Å²) in [4.78, 5) is 38.4. The highest BCUT2D eigenvalue weighted by Gasteiger charge is 2.19. The van der Waals surface area contributed by atoms with E-state index in [2.05, 4.69) is 87.6 Å². The maximum atomic E-state index is 12.9. The van der Waals surface area contributed by atoms with Gasteiger partial charge in [0.1, 0.15) is 13.2 Å². The SMILES string of the molecule is CC/C=C\C/C=C\C/C=C\C/C=C\C/C=C\C/C=C\CCC(=O)OC(COC(=O)CCCCCCCCCCCCCCCCCC)COC(=O)CCCCCCCCCCCCCCCCCCCCCCCCCCCCCCCC. The molecule has 0 radical (unpaired) electrons. The zero-order valence-electron chi connectivity index (χ0n) is 55.5. The van der Waals surface area contributed by atoms with E-state index >= 15 is 0 Å². The van der Waals surface area contributed by atoms with E-state index < -0.39 is 6.10 Å². The summed E-state index contributed by atoms with van der Waals surface area (Å²) in [5.74, 6) is -0.962. The lowest BCUT2D eigenvalue weighted by Gasteiger charge is -2.18. The molecule has 0 saturated heterocycles. The Morgan fingerprint density at radius 2 is 0.470 bits per heavy atom. The molecule has 0 aliphatic heterocycles. The maximum Gasteiger partial charge on any atom is 0.306 e. The molecule has 0 aromatic heterocycles.